The summed E-state index contributed by atoms with van der Waals surface area (Å²) in [5, 5.41) is 2.95. The van der Waals surface area contributed by atoms with E-state index in [0.717, 1.165) is 19.5 Å². The molecule has 0 radical (unpaired) electrons. The summed E-state index contributed by atoms with van der Waals surface area (Å²) in [6, 6.07) is 7.33. The Labute approximate surface area is 145 Å². The normalized spacial score (nSPS) is 19.8. The van der Waals surface area contributed by atoms with Gasteiger partial charge in [-0.05, 0) is 51.9 Å². The number of carbonyl (C=O) groups excluding carboxylic acids is 1. The van der Waals surface area contributed by atoms with Crippen LogP contribution in [0.15, 0.2) is 36.9 Å². The van der Waals surface area contributed by atoms with Crippen LogP contribution in [0.4, 0.5) is 10.5 Å². The average Bonchev–Trinajstić information content (AvgIpc) is 2.80. The zero-order chi connectivity index (χ0) is 17.7. The van der Waals surface area contributed by atoms with Crippen molar-refractivity contribution in [3.8, 4) is 5.75 Å². The molecular weight excluding hydrogens is 302 g/mol. The summed E-state index contributed by atoms with van der Waals surface area (Å²) >= 11 is 0. The zero-order valence-corrected chi connectivity index (χ0v) is 15.2. The van der Waals surface area contributed by atoms with Gasteiger partial charge in [0.2, 0.25) is 0 Å². The van der Waals surface area contributed by atoms with Gasteiger partial charge < -0.3 is 19.9 Å². The highest BCUT2D eigenvalue weighted by Crippen LogP contribution is 2.33. The highest BCUT2D eigenvalue weighted by molar-refractivity contribution is 5.90. The van der Waals surface area contributed by atoms with Crippen molar-refractivity contribution in [2.75, 3.05) is 39.1 Å². The van der Waals surface area contributed by atoms with E-state index < -0.39 is 0 Å². The first-order chi connectivity index (χ1) is 11.4. The van der Waals surface area contributed by atoms with Crippen LogP contribution in [0, 0.1) is 5.92 Å². The van der Waals surface area contributed by atoms with Gasteiger partial charge in [-0.25, -0.2) is 4.79 Å². The van der Waals surface area contributed by atoms with Crippen molar-refractivity contribution in [1.82, 2.24) is 9.80 Å². The van der Waals surface area contributed by atoms with E-state index in [-0.39, 0.29) is 11.6 Å². The maximum absolute atomic E-state index is 12.5. The van der Waals surface area contributed by atoms with Gasteiger partial charge in [-0.3, -0.25) is 0 Å². The molecule has 0 saturated carbocycles. The summed E-state index contributed by atoms with van der Waals surface area (Å²) in [6.45, 7) is 10.4. The molecule has 1 N–H and O–H groups in total. The van der Waals surface area contributed by atoms with E-state index in [0.29, 0.717) is 24.0 Å². The number of hydrogen-bond donors (Lipinski definition) is 1. The van der Waals surface area contributed by atoms with Gasteiger partial charge in [-0.15, -0.1) is 0 Å². The summed E-state index contributed by atoms with van der Waals surface area (Å²) in [5.74, 6) is 1.12. The lowest BCUT2D eigenvalue weighted by molar-refractivity contribution is 0.148. The monoisotopic (exact) mass is 331 g/mol. The minimum atomic E-state index is -0.116. The Balaban J connectivity index is 1.98. The quantitative estimate of drug-likeness (QED) is 0.812. The van der Waals surface area contributed by atoms with Crippen LogP contribution in [0.5, 0.6) is 5.75 Å². The minimum absolute atomic E-state index is 0.111. The Kier molecular flexibility index (Phi) is 5.89. The molecule has 5 heteroatoms. The highest BCUT2D eigenvalue weighted by atomic mass is 16.5. The fourth-order valence-electron chi connectivity index (χ4n) is 3.09. The molecule has 1 fully saturated rings. The molecular formula is C19H29N3O2. The molecule has 0 aliphatic carbocycles. The van der Waals surface area contributed by atoms with Gasteiger partial charge in [0.15, 0.2) is 0 Å². The number of amides is 2. The maximum atomic E-state index is 12.5. The molecule has 24 heavy (non-hydrogen) atoms. The van der Waals surface area contributed by atoms with Gasteiger partial charge in [0.25, 0.3) is 0 Å². The van der Waals surface area contributed by atoms with Crippen LogP contribution in [-0.2, 0) is 0 Å². The SMILES string of the molecule is C=CCOc1ccccc1NC(=O)N(C)CC1CCN(C)C1(C)C. The first-order valence-electron chi connectivity index (χ1n) is 8.42. The van der Waals surface area contributed by atoms with Gasteiger partial charge in [0, 0.05) is 19.1 Å². The number of benzene rings is 1. The van der Waals surface area contributed by atoms with Crippen LogP contribution >= 0.6 is 0 Å². The molecule has 2 rings (SSSR count). The lowest BCUT2D eigenvalue weighted by Gasteiger charge is -2.35. The molecule has 1 aromatic rings. The molecule has 1 saturated heterocycles. The third-order valence-corrected chi connectivity index (χ3v) is 5.12. The third-order valence-electron chi connectivity index (χ3n) is 5.12. The number of carbonyl (C=O) groups is 1. The van der Waals surface area contributed by atoms with E-state index in [9.17, 15) is 4.79 Å². The van der Waals surface area contributed by atoms with Crippen LogP contribution < -0.4 is 10.1 Å². The number of hydrogen-bond acceptors (Lipinski definition) is 3. The van der Waals surface area contributed by atoms with Gasteiger partial charge in [0.05, 0.1) is 5.69 Å². The van der Waals surface area contributed by atoms with Crippen LogP contribution in [-0.4, -0.2) is 55.2 Å². The van der Waals surface area contributed by atoms with Crippen LogP contribution in [0.1, 0.15) is 20.3 Å². The summed E-state index contributed by atoms with van der Waals surface area (Å²) in [4.78, 5) is 16.7. The second-order valence-corrected chi connectivity index (χ2v) is 6.97. The average molecular weight is 331 g/mol. The van der Waals surface area contributed by atoms with Crippen molar-refractivity contribution in [1.29, 1.82) is 0 Å². The van der Waals surface area contributed by atoms with Crippen molar-refractivity contribution in [2.45, 2.75) is 25.8 Å². The summed E-state index contributed by atoms with van der Waals surface area (Å²) in [5.41, 5.74) is 0.790. The molecule has 1 unspecified atom stereocenters. The number of para-hydroxylation sites is 2. The molecule has 5 nitrogen and oxygen atoms in total. The summed E-state index contributed by atoms with van der Waals surface area (Å²) in [6.07, 6.45) is 2.80. The van der Waals surface area contributed by atoms with Gasteiger partial charge >= 0.3 is 6.03 Å². The van der Waals surface area contributed by atoms with E-state index >= 15 is 0 Å². The predicted molar refractivity (Wildman–Crippen MR) is 98.6 cm³/mol. The molecule has 1 aliphatic rings. The Morgan fingerprint density at radius 3 is 2.83 bits per heavy atom. The molecule has 132 valence electrons. The van der Waals surface area contributed by atoms with E-state index in [1.165, 1.54) is 0 Å². The Bertz CT molecular complexity index is 586. The number of urea groups is 1. The largest absolute Gasteiger partial charge is 0.487 e. The first kappa shape index (κ1) is 18.3. The van der Waals surface area contributed by atoms with Crippen LogP contribution in [0.2, 0.25) is 0 Å². The number of ether oxygens (including phenoxy) is 1. The second-order valence-electron chi connectivity index (χ2n) is 6.97. The van der Waals surface area contributed by atoms with E-state index in [1.54, 1.807) is 11.0 Å². The Morgan fingerprint density at radius 1 is 1.50 bits per heavy atom. The maximum Gasteiger partial charge on any atom is 0.321 e. The Hall–Kier alpha value is -2.01. The Morgan fingerprint density at radius 2 is 2.21 bits per heavy atom. The molecule has 1 aromatic carbocycles. The lowest BCUT2D eigenvalue weighted by atomic mass is 9.88. The number of nitrogens with zero attached hydrogens (tertiary/aromatic N) is 2. The van der Waals surface area contributed by atoms with Crippen molar-refractivity contribution < 1.29 is 9.53 Å². The highest BCUT2D eigenvalue weighted by Gasteiger charge is 2.39. The number of rotatable bonds is 6. The van der Waals surface area contributed by atoms with Crippen molar-refractivity contribution >= 4 is 11.7 Å². The van der Waals surface area contributed by atoms with Crippen molar-refractivity contribution in [3.05, 3.63) is 36.9 Å². The molecule has 0 bridgehead atoms. The molecule has 0 spiro atoms. The predicted octanol–water partition coefficient (Wildman–Crippen LogP) is 3.45. The summed E-state index contributed by atoms with van der Waals surface area (Å²) in [7, 11) is 3.99. The van der Waals surface area contributed by atoms with Crippen molar-refractivity contribution in [3.63, 3.8) is 0 Å². The number of likely N-dealkylation sites (tertiary alicyclic amines) is 1. The summed E-state index contributed by atoms with van der Waals surface area (Å²) < 4.78 is 5.59. The number of anilines is 1. The van der Waals surface area contributed by atoms with Gasteiger partial charge in [-0.2, -0.15) is 0 Å². The van der Waals surface area contributed by atoms with Gasteiger partial charge in [-0.1, -0.05) is 24.8 Å². The molecule has 1 heterocycles. The number of nitrogens with one attached hydrogen (secondary N) is 1. The van der Waals surface area contributed by atoms with E-state index in [1.807, 2.05) is 31.3 Å². The van der Waals surface area contributed by atoms with E-state index in [4.69, 9.17) is 4.74 Å². The smallest absolute Gasteiger partial charge is 0.321 e. The zero-order valence-electron chi connectivity index (χ0n) is 15.2. The first-order valence-corrected chi connectivity index (χ1v) is 8.42. The van der Waals surface area contributed by atoms with Gasteiger partial charge in [0.1, 0.15) is 12.4 Å². The third kappa shape index (κ3) is 4.09. The lowest BCUT2D eigenvalue weighted by Crippen LogP contribution is -2.45. The minimum Gasteiger partial charge on any atom is -0.487 e. The standard InChI is InChI=1S/C19H29N3O2/c1-6-13-24-17-10-8-7-9-16(17)20-18(23)21(4)14-15-11-12-22(5)19(15,2)3/h6-10,15H,1,11-14H2,2-5H3,(H,20,23). The molecule has 2 amide bonds. The molecule has 1 atom stereocenters. The molecule has 1 aliphatic heterocycles. The van der Waals surface area contributed by atoms with Crippen molar-refractivity contribution in [2.24, 2.45) is 5.92 Å². The fourth-order valence-corrected chi connectivity index (χ4v) is 3.09. The molecule has 0 aromatic heterocycles. The fraction of sp³-hybridized carbons (Fsp3) is 0.526. The van der Waals surface area contributed by atoms with Crippen LogP contribution in [0.25, 0.3) is 0 Å². The van der Waals surface area contributed by atoms with E-state index in [2.05, 4.69) is 37.7 Å². The second kappa shape index (κ2) is 7.71. The van der Waals surface area contributed by atoms with Crippen LogP contribution in [0.3, 0.4) is 0 Å². The topological polar surface area (TPSA) is 44.8 Å².